The van der Waals surface area contributed by atoms with Gasteiger partial charge in [-0.15, -0.1) is 0 Å². The highest BCUT2D eigenvalue weighted by molar-refractivity contribution is 6.04. The van der Waals surface area contributed by atoms with Gasteiger partial charge < -0.3 is 19.3 Å². The third-order valence-corrected chi connectivity index (χ3v) is 2.97. The molecule has 2 N–H and O–H groups in total. The Morgan fingerprint density at radius 3 is 2.95 bits per heavy atom. The molecule has 6 heteroatoms. The molecule has 0 aliphatic carbocycles. The van der Waals surface area contributed by atoms with Crippen LogP contribution in [0.1, 0.15) is 10.4 Å². The molecular formula is C14H11NO5. The van der Waals surface area contributed by atoms with E-state index in [1.165, 1.54) is 12.3 Å². The van der Waals surface area contributed by atoms with Crippen LogP contribution in [0.25, 0.3) is 21.9 Å². The van der Waals surface area contributed by atoms with E-state index in [4.69, 9.17) is 13.9 Å². The smallest absolute Gasteiger partial charge is 0.349 e. The minimum Gasteiger partial charge on any atom is -0.464 e. The fourth-order valence-corrected chi connectivity index (χ4v) is 2.05. The number of rotatable bonds is 3. The monoisotopic (exact) mass is 273 g/mol. The van der Waals surface area contributed by atoms with Crippen LogP contribution < -0.4 is 10.9 Å². The van der Waals surface area contributed by atoms with Gasteiger partial charge in [-0.1, -0.05) is 0 Å². The summed E-state index contributed by atoms with van der Waals surface area (Å²) in [5, 5.41) is 12.4. The number of nitrogens with one attached hydrogen (secondary N) is 1. The molecule has 2 heterocycles. The average Bonchev–Trinajstić information content (AvgIpc) is 2.93. The normalized spacial score (nSPS) is 11.1. The number of aliphatic hydroxyl groups excluding tert-OH is 1. The van der Waals surface area contributed by atoms with Crippen LogP contribution in [0.15, 0.2) is 44.2 Å². The van der Waals surface area contributed by atoms with Crippen LogP contribution in [0, 0.1) is 0 Å². The zero-order valence-electron chi connectivity index (χ0n) is 10.4. The van der Waals surface area contributed by atoms with Crippen molar-refractivity contribution < 1.29 is 18.7 Å². The molecule has 0 atom stereocenters. The van der Waals surface area contributed by atoms with Crippen molar-refractivity contribution in [3.8, 4) is 0 Å². The van der Waals surface area contributed by atoms with E-state index in [0.29, 0.717) is 21.9 Å². The van der Waals surface area contributed by atoms with E-state index in [9.17, 15) is 9.59 Å². The number of benzene rings is 1. The van der Waals surface area contributed by atoms with Gasteiger partial charge in [-0.3, -0.25) is 4.79 Å². The van der Waals surface area contributed by atoms with E-state index < -0.39 is 11.5 Å². The second-order valence-electron chi connectivity index (χ2n) is 4.24. The quantitative estimate of drug-likeness (QED) is 0.701. The van der Waals surface area contributed by atoms with Crippen LogP contribution in [0.3, 0.4) is 0 Å². The number of furan rings is 1. The second-order valence-corrected chi connectivity index (χ2v) is 4.24. The molecular weight excluding hydrogens is 262 g/mol. The molecule has 0 saturated carbocycles. The Hall–Kier alpha value is -2.60. The van der Waals surface area contributed by atoms with Crippen molar-refractivity contribution >= 4 is 27.8 Å². The maximum absolute atomic E-state index is 11.9. The van der Waals surface area contributed by atoms with Crippen LogP contribution in [0.4, 0.5) is 0 Å². The van der Waals surface area contributed by atoms with Gasteiger partial charge >= 0.3 is 5.63 Å². The van der Waals surface area contributed by atoms with Crippen molar-refractivity contribution in [3.63, 3.8) is 0 Å². The summed E-state index contributed by atoms with van der Waals surface area (Å²) in [7, 11) is 0. The molecule has 1 aromatic carbocycles. The first-order chi connectivity index (χ1) is 9.70. The third kappa shape index (κ3) is 1.96. The van der Waals surface area contributed by atoms with Crippen LogP contribution in [0.5, 0.6) is 0 Å². The van der Waals surface area contributed by atoms with Crippen LogP contribution in [0.2, 0.25) is 0 Å². The Balaban J connectivity index is 2.17. The number of hydrogen-bond acceptors (Lipinski definition) is 5. The first-order valence-electron chi connectivity index (χ1n) is 6.04. The summed E-state index contributed by atoms with van der Waals surface area (Å²) < 4.78 is 10.5. The van der Waals surface area contributed by atoms with E-state index in [0.717, 1.165) is 0 Å². The summed E-state index contributed by atoms with van der Waals surface area (Å²) in [5.74, 6) is -0.568. The minimum atomic E-state index is -0.721. The van der Waals surface area contributed by atoms with Crippen LogP contribution in [-0.4, -0.2) is 24.2 Å². The highest BCUT2D eigenvalue weighted by Crippen LogP contribution is 2.25. The molecule has 0 aliphatic rings. The van der Waals surface area contributed by atoms with E-state index in [1.807, 2.05) is 0 Å². The van der Waals surface area contributed by atoms with Gasteiger partial charge in [0.05, 0.1) is 18.3 Å². The van der Waals surface area contributed by atoms with Crippen molar-refractivity contribution in [1.82, 2.24) is 5.32 Å². The van der Waals surface area contributed by atoms with Crippen LogP contribution in [-0.2, 0) is 0 Å². The molecule has 0 radical (unpaired) electrons. The molecule has 0 spiro atoms. The Kier molecular flexibility index (Phi) is 3.00. The van der Waals surface area contributed by atoms with E-state index in [2.05, 4.69) is 5.32 Å². The van der Waals surface area contributed by atoms with Crippen LogP contribution >= 0.6 is 0 Å². The summed E-state index contributed by atoms with van der Waals surface area (Å²) in [4.78, 5) is 23.7. The SMILES string of the molecule is O=C(NCCO)c1cc2ccc3occc3c2oc1=O. The maximum atomic E-state index is 11.9. The number of fused-ring (bicyclic) bond motifs is 3. The van der Waals surface area contributed by atoms with Gasteiger partial charge in [-0.05, 0) is 24.3 Å². The lowest BCUT2D eigenvalue weighted by Gasteiger charge is -2.03. The molecule has 0 saturated heterocycles. The predicted molar refractivity (Wildman–Crippen MR) is 71.7 cm³/mol. The summed E-state index contributed by atoms with van der Waals surface area (Å²) in [6.07, 6.45) is 1.51. The topological polar surface area (TPSA) is 92.7 Å². The third-order valence-electron chi connectivity index (χ3n) is 2.97. The molecule has 0 fully saturated rings. The highest BCUT2D eigenvalue weighted by Gasteiger charge is 2.15. The summed E-state index contributed by atoms with van der Waals surface area (Å²) in [6.45, 7) is -0.114. The largest absolute Gasteiger partial charge is 0.464 e. The van der Waals surface area contributed by atoms with Crippen molar-refractivity contribution in [3.05, 3.63) is 46.5 Å². The predicted octanol–water partition coefficient (Wildman–Crippen LogP) is 1.26. The Morgan fingerprint density at radius 2 is 2.15 bits per heavy atom. The lowest BCUT2D eigenvalue weighted by Crippen LogP contribution is -2.30. The number of hydrogen-bond donors (Lipinski definition) is 2. The minimum absolute atomic E-state index is 0.0804. The van der Waals surface area contributed by atoms with Gasteiger partial charge in [0.2, 0.25) is 0 Å². The molecule has 3 aromatic rings. The maximum Gasteiger partial charge on any atom is 0.349 e. The molecule has 0 aliphatic heterocycles. The number of aliphatic hydroxyl groups is 1. The van der Waals surface area contributed by atoms with Gasteiger partial charge in [0, 0.05) is 11.9 Å². The molecule has 0 bridgehead atoms. The number of amides is 1. The molecule has 102 valence electrons. The van der Waals surface area contributed by atoms with Crippen molar-refractivity contribution in [2.45, 2.75) is 0 Å². The fourth-order valence-electron chi connectivity index (χ4n) is 2.05. The Morgan fingerprint density at radius 1 is 1.30 bits per heavy atom. The zero-order valence-corrected chi connectivity index (χ0v) is 10.4. The standard InChI is InChI=1S/C14H11NO5/c16-5-4-15-13(17)10-7-8-1-2-11-9(3-6-19-11)12(8)20-14(10)18/h1-3,6-7,16H,4-5H2,(H,15,17). The first-order valence-corrected chi connectivity index (χ1v) is 6.04. The molecule has 20 heavy (non-hydrogen) atoms. The number of carbonyl (C=O) groups is 1. The lowest BCUT2D eigenvalue weighted by atomic mass is 10.1. The molecule has 2 aromatic heterocycles. The van der Waals surface area contributed by atoms with E-state index >= 15 is 0 Å². The second kappa shape index (κ2) is 4.82. The lowest BCUT2D eigenvalue weighted by molar-refractivity contribution is 0.0941. The summed E-state index contributed by atoms with van der Waals surface area (Å²) in [6, 6.07) is 6.63. The van der Waals surface area contributed by atoms with Gasteiger partial charge in [-0.25, -0.2) is 4.79 Å². The molecule has 6 nitrogen and oxygen atoms in total. The van der Waals surface area contributed by atoms with Gasteiger partial charge in [-0.2, -0.15) is 0 Å². The van der Waals surface area contributed by atoms with E-state index in [-0.39, 0.29) is 18.7 Å². The fraction of sp³-hybridized carbons (Fsp3) is 0.143. The van der Waals surface area contributed by atoms with Gasteiger partial charge in [0.1, 0.15) is 16.7 Å². The molecule has 3 rings (SSSR count). The molecule has 1 amide bonds. The van der Waals surface area contributed by atoms with Crippen molar-refractivity contribution in [2.75, 3.05) is 13.2 Å². The first kappa shape index (κ1) is 12.4. The average molecular weight is 273 g/mol. The van der Waals surface area contributed by atoms with Crippen molar-refractivity contribution in [2.24, 2.45) is 0 Å². The summed E-state index contributed by atoms with van der Waals surface area (Å²) >= 11 is 0. The zero-order chi connectivity index (χ0) is 14.1. The molecule has 0 unspecified atom stereocenters. The number of carbonyl (C=O) groups excluding carboxylic acids is 1. The van der Waals surface area contributed by atoms with Gasteiger partial charge in [0.25, 0.3) is 5.91 Å². The van der Waals surface area contributed by atoms with E-state index in [1.54, 1.807) is 18.2 Å². The van der Waals surface area contributed by atoms with Crippen molar-refractivity contribution in [1.29, 1.82) is 0 Å². The Bertz CT molecular complexity index is 846. The highest BCUT2D eigenvalue weighted by atomic mass is 16.4. The van der Waals surface area contributed by atoms with Gasteiger partial charge in [0.15, 0.2) is 0 Å². The Labute approximate surface area is 112 Å². The summed E-state index contributed by atoms with van der Waals surface area (Å²) in [5.41, 5.74) is 0.188.